The normalized spacial score (nSPS) is 14.8. The smallest absolute Gasteiger partial charge is 0.424 e. The van der Waals surface area contributed by atoms with E-state index >= 15 is 0 Å². The molecule has 0 aromatic heterocycles. The lowest BCUT2D eigenvalue weighted by Gasteiger charge is -2.36. The van der Waals surface area contributed by atoms with E-state index in [1.165, 1.54) is 6.07 Å². The number of carbonyl (C=O) groups excluding carboxylic acids is 4. The third-order valence-electron chi connectivity index (χ3n) is 5.44. The number of imide groups is 1. The van der Waals surface area contributed by atoms with E-state index in [4.69, 9.17) is 30.5 Å². The van der Waals surface area contributed by atoms with Gasteiger partial charge >= 0.3 is 24.2 Å². The molecule has 1 saturated heterocycles. The fourth-order valence-corrected chi connectivity index (χ4v) is 4.17. The maximum atomic E-state index is 13.5. The van der Waals surface area contributed by atoms with E-state index in [2.05, 4.69) is 0 Å². The van der Waals surface area contributed by atoms with Gasteiger partial charge in [0.25, 0.3) is 0 Å². The molecule has 1 aromatic carbocycles. The number of benzene rings is 1. The van der Waals surface area contributed by atoms with Crippen LogP contribution in [0, 0.1) is 0 Å². The molecule has 2 rings (SSSR count). The first-order valence-electron chi connectivity index (χ1n) is 13.7. The Labute approximate surface area is 248 Å². The number of rotatable bonds is 5. The van der Waals surface area contributed by atoms with Crippen LogP contribution in [0.5, 0.6) is 0 Å². The number of piperazine rings is 1. The van der Waals surface area contributed by atoms with Crippen LogP contribution in [-0.2, 0) is 25.5 Å². The van der Waals surface area contributed by atoms with Gasteiger partial charge in [-0.3, -0.25) is 4.90 Å². The lowest BCUT2D eigenvalue weighted by molar-refractivity contribution is 0.0137. The van der Waals surface area contributed by atoms with E-state index in [1.807, 2.05) is 25.7 Å². The largest absolute Gasteiger partial charge is 0.462 e. The zero-order valence-electron chi connectivity index (χ0n) is 25.9. The monoisotopic (exact) mass is 597 g/mol. The van der Waals surface area contributed by atoms with Crippen LogP contribution in [0.4, 0.5) is 20.1 Å². The summed E-state index contributed by atoms with van der Waals surface area (Å²) in [6.45, 7) is 19.1. The number of esters is 1. The second-order valence-corrected chi connectivity index (χ2v) is 13.2. The Bertz CT molecular complexity index is 1100. The minimum atomic E-state index is -1.02. The van der Waals surface area contributed by atoms with Crippen molar-refractivity contribution in [1.82, 2.24) is 9.80 Å². The average molecular weight is 598 g/mol. The van der Waals surface area contributed by atoms with E-state index in [0.717, 1.165) is 4.90 Å². The van der Waals surface area contributed by atoms with Gasteiger partial charge < -0.3 is 23.8 Å². The summed E-state index contributed by atoms with van der Waals surface area (Å²) < 4.78 is 21.9. The van der Waals surface area contributed by atoms with Crippen LogP contribution in [0.25, 0.3) is 0 Å². The lowest BCUT2D eigenvalue weighted by atomic mass is 10.0. The molecule has 1 aliphatic rings. The lowest BCUT2D eigenvalue weighted by Crippen LogP contribution is -2.50. The number of ether oxygens (including phenoxy) is 4. The molecule has 11 nitrogen and oxygen atoms in total. The molecule has 12 heteroatoms. The first kappa shape index (κ1) is 34.2. The van der Waals surface area contributed by atoms with Gasteiger partial charge in [0.1, 0.15) is 16.8 Å². The minimum absolute atomic E-state index is 0.0362. The Kier molecular flexibility index (Phi) is 11.1. The molecule has 1 fully saturated rings. The van der Waals surface area contributed by atoms with Crippen molar-refractivity contribution in [3.8, 4) is 0 Å². The molecule has 0 spiro atoms. The standard InChI is InChI=1S/C29H44ClN3O8/c1-11-38-23(34)21-17-20(30)16-19(18-31-12-14-32(15-13-31)24(35)39-27(2,3)4)22(21)33(25(36)40-28(5,6)7)26(37)41-29(8,9)10/h16-17H,11-15,18H2,1-10H3. The van der Waals surface area contributed by atoms with Crippen molar-refractivity contribution in [2.24, 2.45) is 0 Å². The first-order valence-corrected chi connectivity index (χ1v) is 14.0. The third-order valence-corrected chi connectivity index (χ3v) is 5.66. The molecular weight excluding hydrogens is 554 g/mol. The van der Waals surface area contributed by atoms with Gasteiger partial charge in [-0.1, -0.05) is 11.6 Å². The molecule has 1 aliphatic heterocycles. The molecule has 1 heterocycles. The fraction of sp³-hybridized carbons (Fsp3) is 0.655. The molecule has 3 amide bonds. The van der Waals surface area contributed by atoms with E-state index in [0.29, 0.717) is 31.7 Å². The second kappa shape index (κ2) is 13.3. The molecule has 0 N–H and O–H groups in total. The molecular formula is C29H44ClN3O8. The number of nitrogens with zero attached hydrogens (tertiary/aromatic N) is 3. The average Bonchev–Trinajstić information content (AvgIpc) is 2.77. The van der Waals surface area contributed by atoms with Crippen LogP contribution < -0.4 is 4.90 Å². The van der Waals surface area contributed by atoms with Crippen LogP contribution >= 0.6 is 11.6 Å². The van der Waals surface area contributed by atoms with Gasteiger partial charge in [0.05, 0.1) is 17.9 Å². The molecule has 0 radical (unpaired) electrons. The molecule has 41 heavy (non-hydrogen) atoms. The van der Waals surface area contributed by atoms with Gasteiger partial charge in [-0.2, -0.15) is 4.90 Å². The number of carbonyl (C=O) groups is 4. The Hall–Kier alpha value is -3.05. The summed E-state index contributed by atoms with van der Waals surface area (Å²) in [5, 5.41) is 0.215. The quantitative estimate of drug-likeness (QED) is 0.287. The summed E-state index contributed by atoms with van der Waals surface area (Å²) in [4.78, 5) is 57.1. The number of amides is 3. The van der Waals surface area contributed by atoms with Crippen molar-refractivity contribution >= 4 is 41.5 Å². The highest BCUT2D eigenvalue weighted by atomic mass is 35.5. The number of hydrogen-bond donors (Lipinski definition) is 0. The molecule has 0 saturated carbocycles. The van der Waals surface area contributed by atoms with Crippen LogP contribution in [-0.4, -0.2) is 83.6 Å². The highest BCUT2D eigenvalue weighted by Gasteiger charge is 2.38. The van der Waals surface area contributed by atoms with Crippen LogP contribution in [0.1, 0.15) is 85.2 Å². The Morgan fingerprint density at radius 1 is 0.805 bits per heavy atom. The summed E-state index contributed by atoms with van der Waals surface area (Å²) in [5.74, 6) is -0.766. The topological polar surface area (TPSA) is 115 Å². The Morgan fingerprint density at radius 2 is 1.29 bits per heavy atom. The predicted molar refractivity (Wildman–Crippen MR) is 155 cm³/mol. The van der Waals surface area contributed by atoms with E-state index in [1.54, 1.807) is 59.4 Å². The van der Waals surface area contributed by atoms with Gasteiger partial charge in [0, 0.05) is 37.7 Å². The Balaban J connectivity index is 2.55. The molecule has 0 unspecified atom stereocenters. The first-order chi connectivity index (χ1) is 18.7. The highest BCUT2D eigenvalue weighted by molar-refractivity contribution is 6.31. The van der Waals surface area contributed by atoms with Crippen LogP contribution in [0.15, 0.2) is 12.1 Å². The summed E-state index contributed by atoms with van der Waals surface area (Å²) >= 11 is 6.44. The van der Waals surface area contributed by atoms with Crippen molar-refractivity contribution in [2.75, 3.05) is 37.7 Å². The van der Waals surface area contributed by atoms with Crippen LogP contribution in [0.2, 0.25) is 5.02 Å². The maximum Gasteiger partial charge on any atom is 0.424 e. The summed E-state index contributed by atoms with van der Waals surface area (Å²) in [5.41, 5.74) is -2.23. The van der Waals surface area contributed by atoms with E-state index in [9.17, 15) is 19.2 Å². The SMILES string of the molecule is CCOC(=O)c1cc(Cl)cc(CN2CCN(C(=O)OC(C)(C)C)CC2)c1N(C(=O)OC(C)(C)C)C(=O)OC(C)(C)C. The second-order valence-electron chi connectivity index (χ2n) is 12.7. The zero-order chi connectivity index (χ0) is 31.3. The van der Waals surface area contributed by atoms with Gasteiger partial charge in [-0.15, -0.1) is 0 Å². The summed E-state index contributed by atoms with van der Waals surface area (Å²) in [6, 6.07) is 2.93. The third kappa shape index (κ3) is 10.7. The Morgan fingerprint density at radius 3 is 1.73 bits per heavy atom. The molecule has 0 atom stereocenters. The van der Waals surface area contributed by atoms with Crippen molar-refractivity contribution in [3.63, 3.8) is 0 Å². The number of hydrogen-bond acceptors (Lipinski definition) is 9. The van der Waals surface area contributed by atoms with Gasteiger partial charge in [-0.25, -0.2) is 19.2 Å². The van der Waals surface area contributed by atoms with Crippen molar-refractivity contribution < 1.29 is 38.1 Å². The van der Waals surface area contributed by atoms with Gasteiger partial charge in [0.2, 0.25) is 0 Å². The zero-order valence-corrected chi connectivity index (χ0v) is 26.6. The van der Waals surface area contributed by atoms with Crippen molar-refractivity contribution in [1.29, 1.82) is 0 Å². The molecule has 1 aromatic rings. The molecule has 0 aliphatic carbocycles. The van der Waals surface area contributed by atoms with Crippen molar-refractivity contribution in [2.45, 2.75) is 92.6 Å². The predicted octanol–water partition coefficient (Wildman–Crippen LogP) is 6.25. The van der Waals surface area contributed by atoms with E-state index < -0.39 is 41.1 Å². The summed E-state index contributed by atoms with van der Waals surface area (Å²) in [6.07, 6.45) is -2.43. The van der Waals surface area contributed by atoms with E-state index in [-0.39, 0.29) is 29.4 Å². The summed E-state index contributed by atoms with van der Waals surface area (Å²) in [7, 11) is 0. The maximum absolute atomic E-state index is 13.5. The highest BCUT2D eigenvalue weighted by Crippen LogP contribution is 2.34. The molecule has 0 bridgehead atoms. The minimum Gasteiger partial charge on any atom is -0.462 e. The van der Waals surface area contributed by atoms with Crippen LogP contribution in [0.3, 0.4) is 0 Å². The van der Waals surface area contributed by atoms with Crippen molar-refractivity contribution in [3.05, 3.63) is 28.3 Å². The van der Waals surface area contributed by atoms with Gasteiger partial charge in [-0.05, 0) is 86.9 Å². The van der Waals surface area contributed by atoms with Gasteiger partial charge in [0.15, 0.2) is 0 Å². The number of anilines is 1. The number of halogens is 1. The fourth-order valence-electron chi connectivity index (χ4n) is 3.93. The molecule has 230 valence electrons.